The predicted octanol–water partition coefficient (Wildman–Crippen LogP) is 0.714. The van der Waals surface area contributed by atoms with Gasteiger partial charge in [0.05, 0.1) is 6.10 Å². The van der Waals surface area contributed by atoms with Crippen molar-refractivity contribution >= 4 is 5.97 Å². The smallest absolute Gasteiger partial charge is 0.331 e. The molecule has 2 aliphatic rings. The Morgan fingerprint density at radius 2 is 2.11 bits per heavy atom. The van der Waals surface area contributed by atoms with Crippen LogP contribution in [0.5, 0.6) is 5.75 Å². The van der Waals surface area contributed by atoms with Gasteiger partial charge in [0.25, 0.3) is 0 Å². The molecule has 0 saturated carbocycles. The third-order valence-corrected chi connectivity index (χ3v) is 3.51. The SMILES string of the molecule is O=C1C=C[C@@]2(C[C@@H](O)c3c(O)cccc3[C@H]2O)O1. The molecule has 1 aromatic carbocycles. The first kappa shape index (κ1) is 11.3. The van der Waals surface area contributed by atoms with E-state index in [9.17, 15) is 20.1 Å². The maximum absolute atomic E-state index is 11.2. The van der Waals surface area contributed by atoms with Gasteiger partial charge in [0.15, 0.2) is 5.60 Å². The molecule has 18 heavy (non-hydrogen) atoms. The molecule has 94 valence electrons. The second kappa shape index (κ2) is 3.57. The summed E-state index contributed by atoms with van der Waals surface area (Å²) in [5.74, 6) is -0.605. The molecule has 0 aromatic heterocycles. The maximum atomic E-state index is 11.2. The van der Waals surface area contributed by atoms with Crippen molar-refractivity contribution in [2.24, 2.45) is 0 Å². The van der Waals surface area contributed by atoms with Gasteiger partial charge in [0.1, 0.15) is 11.9 Å². The van der Waals surface area contributed by atoms with E-state index in [-0.39, 0.29) is 12.2 Å². The highest BCUT2D eigenvalue weighted by Gasteiger charge is 2.50. The lowest BCUT2D eigenvalue weighted by Gasteiger charge is -2.39. The molecule has 5 heteroatoms. The number of carbonyl (C=O) groups is 1. The quantitative estimate of drug-likeness (QED) is 0.589. The van der Waals surface area contributed by atoms with Gasteiger partial charge in [-0.1, -0.05) is 12.1 Å². The van der Waals surface area contributed by atoms with E-state index in [0.717, 1.165) is 0 Å². The van der Waals surface area contributed by atoms with E-state index in [1.54, 1.807) is 12.1 Å². The van der Waals surface area contributed by atoms with Gasteiger partial charge in [-0.15, -0.1) is 0 Å². The summed E-state index contributed by atoms with van der Waals surface area (Å²) < 4.78 is 5.13. The van der Waals surface area contributed by atoms with E-state index >= 15 is 0 Å². The number of benzene rings is 1. The van der Waals surface area contributed by atoms with Gasteiger partial charge >= 0.3 is 5.97 Å². The maximum Gasteiger partial charge on any atom is 0.331 e. The molecule has 1 heterocycles. The Kier molecular flexibility index (Phi) is 2.23. The fourth-order valence-corrected chi connectivity index (χ4v) is 2.67. The largest absolute Gasteiger partial charge is 0.508 e. The van der Waals surface area contributed by atoms with Crippen molar-refractivity contribution in [2.75, 3.05) is 0 Å². The minimum absolute atomic E-state index is 0.0288. The molecule has 5 nitrogen and oxygen atoms in total. The average molecular weight is 248 g/mol. The van der Waals surface area contributed by atoms with Gasteiger partial charge in [-0.3, -0.25) is 0 Å². The van der Waals surface area contributed by atoms with Gasteiger partial charge in [-0.25, -0.2) is 4.79 Å². The van der Waals surface area contributed by atoms with Crippen LogP contribution in [0.25, 0.3) is 0 Å². The van der Waals surface area contributed by atoms with Crippen LogP contribution in [0.1, 0.15) is 29.8 Å². The molecule has 0 saturated heterocycles. The zero-order valence-electron chi connectivity index (χ0n) is 9.41. The number of aliphatic hydroxyl groups excluding tert-OH is 2. The van der Waals surface area contributed by atoms with Gasteiger partial charge in [-0.2, -0.15) is 0 Å². The van der Waals surface area contributed by atoms with Crippen LogP contribution in [-0.4, -0.2) is 26.9 Å². The van der Waals surface area contributed by atoms with Gasteiger partial charge in [0, 0.05) is 18.1 Å². The first-order valence-electron chi connectivity index (χ1n) is 5.63. The Morgan fingerprint density at radius 1 is 1.33 bits per heavy atom. The van der Waals surface area contributed by atoms with Crippen molar-refractivity contribution in [3.05, 3.63) is 41.5 Å². The molecule has 0 unspecified atom stereocenters. The van der Waals surface area contributed by atoms with Crippen LogP contribution < -0.4 is 0 Å². The summed E-state index contributed by atoms with van der Waals surface area (Å²) in [6, 6.07) is 4.62. The minimum Gasteiger partial charge on any atom is -0.508 e. The minimum atomic E-state index is -1.22. The van der Waals surface area contributed by atoms with E-state index in [1.807, 2.05) is 0 Å². The number of ether oxygens (including phenoxy) is 1. The number of hydrogen-bond donors (Lipinski definition) is 3. The number of rotatable bonds is 0. The molecule has 1 aliphatic heterocycles. The molecule has 1 aromatic rings. The summed E-state index contributed by atoms with van der Waals surface area (Å²) in [4.78, 5) is 11.2. The number of esters is 1. The molecule has 0 bridgehead atoms. The zero-order valence-corrected chi connectivity index (χ0v) is 9.41. The van der Waals surface area contributed by atoms with Crippen molar-refractivity contribution in [1.82, 2.24) is 0 Å². The van der Waals surface area contributed by atoms with E-state index in [0.29, 0.717) is 11.1 Å². The number of fused-ring (bicyclic) bond motifs is 1. The van der Waals surface area contributed by atoms with Crippen LogP contribution in [0.3, 0.4) is 0 Å². The Balaban J connectivity index is 2.13. The Morgan fingerprint density at radius 3 is 2.78 bits per heavy atom. The van der Waals surface area contributed by atoms with Crippen LogP contribution in [0.2, 0.25) is 0 Å². The van der Waals surface area contributed by atoms with Crippen LogP contribution >= 0.6 is 0 Å². The lowest BCUT2D eigenvalue weighted by Crippen LogP contribution is -2.41. The standard InChI is InChI=1S/C13H12O5/c14-8-3-1-2-7-11(8)9(15)6-13(12(7)17)5-4-10(16)18-13/h1-5,9,12,14-15,17H,6H2/t9-,12-,13+/m1/s1. The third kappa shape index (κ3) is 1.38. The molecule has 0 fully saturated rings. The summed E-state index contributed by atoms with van der Waals surface area (Å²) in [6.45, 7) is 0. The van der Waals surface area contributed by atoms with Crippen molar-refractivity contribution in [3.63, 3.8) is 0 Å². The first-order chi connectivity index (χ1) is 8.53. The number of aromatic hydroxyl groups is 1. The Hall–Kier alpha value is -1.85. The van der Waals surface area contributed by atoms with E-state index in [4.69, 9.17) is 4.74 Å². The highest BCUT2D eigenvalue weighted by Crippen LogP contribution is 2.49. The second-order valence-electron chi connectivity index (χ2n) is 4.61. The van der Waals surface area contributed by atoms with Crippen LogP contribution in [0.15, 0.2) is 30.4 Å². The first-order valence-corrected chi connectivity index (χ1v) is 5.63. The number of aliphatic hydroxyl groups is 2. The summed E-state index contributed by atoms with van der Waals surface area (Å²) in [5, 5.41) is 30.1. The van der Waals surface area contributed by atoms with E-state index < -0.39 is 23.8 Å². The normalized spacial score (nSPS) is 33.6. The van der Waals surface area contributed by atoms with Crippen molar-refractivity contribution in [2.45, 2.75) is 24.2 Å². The third-order valence-electron chi connectivity index (χ3n) is 3.51. The summed E-state index contributed by atoms with van der Waals surface area (Å²) in [5.41, 5.74) is -0.544. The van der Waals surface area contributed by atoms with Crippen LogP contribution in [0, 0.1) is 0 Å². The van der Waals surface area contributed by atoms with Crippen molar-refractivity contribution in [1.29, 1.82) is 0 Å². The monoisotopic (exact) mass is 248 g/mol. The number of phenolic OH excluding ortho intramolecular Hbond substituents is 1. The van der Waals surface area contributed by atoms with Gasteiger partial charge in [0.2, 0.25) is 0 Å². The lowest BCUT2D eigenvalue weighted by molar-refractivity contribution is -0.161. The fraction of sp³-hybridized carbons (Fsp3) is 0.308. The number of carbonyl (C=O) groups excluding carboxylic acids is 1. The Labute approximate surface area is 103 Å². The molecule has 1 aliphatic carbocycles. The number of phenols is 1. The summed E-state index contributed by atoms with van der Waals surface area (Å²) in [6.07, 6.45) is 0.659. The fourth-order valence-electron chi connectivity index (χ4n) is 2.67. The summed E-state index contributed by atoms with van der Waals surface area (Å²) >= 11 is 0. The summed E-state index contributed by atoms with van der Waals surface area (Å²) in [7, 11) is 0. The molecule has 0 amide bonds. The van der Waals surface area contributed by atoms with Crippen molar-refractivity contribution < 1.29 is 24.9 Å². The predicted molar refractivity (Wildman–Crippen MR) is 60.6 cm³/mol. The molecule has 3 N–H and O–H groups in total. The molecule has 1 spiro atoms. The molecule has 3 atom stereocenters. The zero-order chi connectivity index (χ0) is 12.9. The molecular weight excluding hydrogens is 236 g/mol. The molecular formula is C13H12O5. The van der Waals surface area contributed by atoms with Crippen LogP contribution in [-0.2, 0) is 9.53 Å². The Bertz CT molecular complexity index is 550. The van der Waals surface area contributed by atoms with Gasteiger partial charge < -0.3 is 20.1 Å². The molecule has 3 rings (SSSR count). The average Bonchev–Trinajstić information content (AvgIpc) is 2.68. The molecule has 0 radical (unpaired) electrons. The van der Waals surface area contributed by atoms with Crippen molar-refractivity contribution in [3.8, 4) is 5.75 Å². The van der Waals surface area contributed by atoms with E-state index in [1.165, 1.54) is 18.2 Å². The second-order valence-corrected chi connectivity index (χ2v) is 4.61. The van der Waals surface area contributed by atoms with E-state index in [2.05, 4.69) is 0 Å². The highest BCUT2D eigenvalue weighted by molar-refractivity contribution is 5.85. The highest BCUT2D eigenvalue weighted by atomic mass is 16.6. The number of hydrogen-bond acceptors (Lipinski definition) is 5. The van der Waals surface area contributed by atoms with Crippen LogP contribution in [0.4, 0.5) is 0 Å². The lowest BCUT2D eigenvalue weighted by atomic mass is 9.76. The van der Waals surface area contributed by atoms with Gasteiger partial charge in [-0.05, 0) is 17.7 Å². The topological polar surface area (TPSA) is 87.0 Å².